The van der Waals surface area contributed by atoms with Crippen molar-refractivity contribution in [2.45, 2.75) is 53.0 Å². The van der Waals surface area contributed by atoms with E-state index in [0.29, 0.717) is 13.1 Å². The highest BCUT2D eigenvalue weighted by molar-refractivity contribution is 14.0. The second-order valence-electron chi connectivity index (χ2n) is 6.89. The molecule has 0 amide bonds. The summed E-state index contributed by atoms with van der Waals surface area (Å²) in [6, 6.07) is 8.11. The molecule has 0 aliphatic heterocycles. The van der Waals surface area contributed by atoms with E-state index < -0.39 is 0 Å². The van der Waals surface area contributed by atoms with Gasteiger partial charge >= 0.3 is 0 Å². The van der Waals surface area contributed by atoms with Gasteiger partial charge in [-0.15, -0.1) is 35.3 Å². The van der Waals surface area contributed by atoms with E-state index >= 15 is 0 Å². The predicted octanol–water partition coefficient (Wildman–Crippen LogP) is 4.85. The fraction of sp³-hybridized carbons (Fsp3) is 0.524. The Morgan fingerprint density at radius 1 is 1.24 bits per heavy atom. The summed E-state index contributed by atoms with van der Waals surface area (Å²) in [5, 5.41) is 6.43. The summed E-state index contributed by atoms with van der Waals surface area (Å²) in [5.74, 6) is 1.75. The zero-order valence-corrected chi connectivity index (χ0v) is 21.3. The molecule has 2 aromatic rings. The van der Waals surface area contributed by atoms with Gasteiger partial charge in [-0.2, -0.15) is 0 Å². The van der Waals surface area contributed by atoms with Crippen molar-refractivity contribution in [3.8, 4) is 5.75 Å². The van der Waals surface area contributed by atoms with E-state index in [1.807, 2.05) is 40.0 Å². The molecular weight excluding hydrogens is 499 g/mol. The number of aromatic nitrogens is 1. The smallest absolute Gasteiger partial charge is 0.194 e. The van der Waals surface area contributed by atoms with Crippen molar-refractivity contribution in [1.82, 2.24) is 15.2 Å². The Morgan fingerprint density at radius 3 is 2.52 bits per heavy atom. The molecule has 0 bridgehead atoms. The highest BCUT2D eigenvalue weighted by atomic mass is 127. The summed E-state index contributed by atoms with van der Waals surface area (Å²) in [5.41, 5.74) is 2.16. The Labute approximate surface area is 195 Å². The third-order valence-electron chi connectivity index (χ3n) is 4.07. The van der Waals surface area contributed by atoms with Crippen LogP contribution in [0, 0.1) is 0 Å². The normalized spacial score (nSPS) is 12.4. The molecule has 1 N–H and O–H groups in total. The number of thiazole rings is 1. The first-order valence-corrected chi connectivity index (χ1v) is 10.5. The molecule has 6 nitrogen and oxygen atoms in total. The number of hydrogen-bond donors (Lipinski definition) is 1. The van der Waals surface area contributed by atoms with Gasteiger partial charge in [-0.25, -0.2) is 9.98 Å². The number of ether oxygens (including phenoxy) is 2. The van der Waals surface area contributed by atoms with Gasteiger partial charge in [-0.1, -0.05) is 12.1 Å². The largest absolute Gasteiger partial charge is 0.491 e. The fourth-order valence-electron chi connectivity index (χ4n) is 2.58. The van der Waals surface area contributed by atoms with Gasteiger partial charge in [0.05, 0.1) is 24.9 Å². The molecule has 0 aliphatic carbocycles. The van der Waals surface area contributed by atoms with E-state index in [4.69, 9.17) is 14.5 Å². The SMILES string of the molecule is CCNC(=NCc1ccc(OC(C)C)cc1)N(C)Cc1csc(C(C)OC)n1.I. The van der Waals surface area contributed by atoms with Crippen LogP contribution in [0.15, 0.2) is 34.6 Å². The highest BCUT2D eigenvalue weighted by Crippen LogP contribution is 2.21. The van der Waals surface area contributed by atoms with E-state index in [1.54, 1.807) is 18.4 Å². The molecule has 0 saturated carbocycles. The molecule has 8 heteroatoms. The van der Waals surface area contributed by atoms with Crippen molar-refractivity contribution in [1.29, 1.82) is 0 Å². The van der Waals surface area contributed by atoms with Crippen LogP contribution in [0.2, 0.25) is 0 Å². The molecule has 1 unspecified atom stereocenters. The van der Waals surface area contributed by atoms with E-state index in [-0.39, 0.29) is 36.2 Å². The quantitative estimate of drug-likeness (QED) is 0.284. The lowest BCUT2D eigenvalue weighted by Crippen LogP contribution is -2.38. The monoisotopic (exact) mass is 532 g/mol. The number of benzene rings is 1. The third-order valence-corrected chi connectivity index (χ3v) is 5.13. The van der Waals surface area contributed by atoms with Gasteiger partial charge in [0.1, 0.15) is 16.9 Å². The molecule has 0 saturated heterocycles. The summed E-state index contributed by atoms with van der Waals surface area (Å²) < 4.78 is 11.0. The van der Waals surface area contributed by atoms with Crippen LogP contribution >= 0.6 is 35.3 Å². The van der Waals surface area contributed by atoms with Gasteiger partial charge in [0.2, 0.25) is 0 Å². The van der Waals surface area contributed by atoms with Crippen LogP contribution in [0.5, 0.6) is 5.75 Å². The Hall–Kier alpha value is -1.39. The maximum Gasteiger partial charge on any atom is 0.194 e. The second-order valence-corrected chi connectivity index (χ2v) is 7.78. The molecule has 162 valence electrons. The lowest BCUT2D eigenvalue weighted by molar-refractivity contribution is 0.119. The van der Waals surface area contributed by atoms with Crippen LogP contribution in [-0.2, 0) is 17.8 Å². The molecule has 0 radical (unpaired) electrons. The molecule has 29 heavy (non-hydrogen) atoms. The molecule has 1 aromatic heterocycles. The minimum Gasteiger partial charge on any atom is -0.491 e. The standard InChI is InChI=1S/C21H32N4O2S.HI/c1-7-22-21(23-12-17-8-10-19(11-9-17)27-15(2)3)25(5)13-18-14-28-20(24-18)16(4)26-6;/h8-11,14-16H,7,12-13H2,1-6H3,(H,22,23);1H. The Kier molecular flexibility index (Phi) is 11.5. The van der Waals surface area contributed by atoms with E-state index in [2.05, 4.69) is 39.6 Å². The van der Waals surface area contributed by atoms with Crippen LogP contribution in [0.25, 0.3) is 0 Å². The van der Waals surface area contributed by atoms with E-state index in [1.165, 1.54) is 0 Å². The number of aliphatic imine (C=N–C) groups is 1. The summed E-state index contributed by atoms with van der Waals surface area (Å²) in [4.78, 5) is 11.5. The van der Waals surface area contributed by atoms with Gasteiger partial charge in [-0.05, 0) is 45.4 Å². The zero-order chi connectivity index (χ0) is 20.5. The predicted molar refractivity (Wildman–Crippen MR) is 131 cm³/mol. The molecule has 0 spiro atoms. The average molecular weight is 532 g/mol. The Balaban J connectivity index is 0.00000420. The molecule has 1 atom stereocenters. The minimum absolute atomic E-state index is 0. The van der Waals surface area contributed by atoms with Crippen LogP contribution < -0.4 is 10.1 Å². The van der Waals surface area contributed by atoms with Crippen molar-refractivity contribution in [3.63, 3.8) is 0 Å². The molecule has 0 fully saturated rings. The molecule has 1 aromatic carbocycles. The third kappa shape index (κ3) is 8.47. The van der Waals surface area contributed by atoms with Crippen molar-refractivity contribution in [2.24, 2.45) is 4.99 Å². The van der Waals surface area contributed by atoms with Crippen LogP contribution in [0.4, 0.5) is 0 Å². The second kappa shape index (κ2) is 13.0. The summed E-state index contributed by atoms with van der Waals surface area (Å²) in [6.07, 6.45) is 0.199. The maximum atomic E-state index is 5.69. The lowest BCUT2D eigenvalue weighted by Gasteiger charge is -2.21. The first-order valence-electron chi connectivity index (χ1n) is 9.65. The van der Waals surface area contributed by atoms with E-state index in [0.717, 1.165) is 34.5 Å². The van der Waals surface area contributed by atoms with E-state index in [9.17, 15) is 0 Å². The van der Waals surface area contributed by atoms with Gasteiger partial charge in [0.15, 0.2) is 5.96 Å². The number of rotatable bonds is 9. The number of nitrogens with one attached hydrogen (secondary N) is 1. The number of guanidine groups is 1. The number of halogens is 1. The topological polar surface area (TPSA) is 59.0 Å². The van der Waals surface area contributed by atoms with Crippen molar-refractivity contribution >= 4 is 41.3 Å². The van der Waals surface area contributed by atoms with Gasteiger partial charge in [0.25, 0.3) is 0 Å². The Morgan fingerprint density at radius 2 is 1.93 bits per heavy atom. The van der Waals surface area contributed by atoms with Crippen molar-refractivity contribution in [2.75, 3.05) is 20.7 Å². The van der Waals surface area contributed by atoms with Gasteiger partial charge < -0.3 is 19.7 Å². The highest BCUT2D eigenvalue weighted by Gasteiger charge is 2.12. The summed E-state index contributed by atoms with van der Waals surface area (Å²) >= 11 is 1.63. The number of methoxy groups -OCH3 is 1. The number of hydrogen-bond acceptors (Lipinski definition) is 5. The molecule has 2 rings (SSSR count). The van der Waals surface area contributed by atoms with Gasteiger partial charge in [0, 0.05) is 26.1 Å². The van der Waals surface area contributed by atoms with Crippen LogP contribution in [-0.4, -0.2) is 42.6 Å². The molecule has 0 aliphatic rings. The van der Waals surface area contributed by atoms with Crippen LogP contribution in [0.3, 0.4) is 0 Å². The van der Waals surface area contributed by atoms with Crippen molar-refractivity contribution in [3.05, 3.63) is 45.9 Å². The minimum atomic E-state index is 0. The first-order chi connectivity index (χ1) is 13.4. The average Bonchev–Trinajstić information content (AvgIpc) is 3.13. The lowest BCUT2D eigenvalue weighted by atomic mass is 10.2. The Bertz CT molecular complexity index is 749. The van der Waals surface area contributed by atoms with Gasteiger partial charge in [-0.3, -0.25) is 0 Å². The fourth-order valence-corrected chi connectivity index (χ4v) is 3.42. The molecular formula is C21H33IN4O2S. The number of nitrogens with zero attached hydrogens (tertiary/aromatic N) is 3. The summed E-state index contributed by atoms with van der Waals surface area (Å²) in [6.45, 7) is 10.2. The molecule has 1 heterocycles. The summed E-state index contributed by atoms with van der Waals surface area (Å²) in [7, 11) is 3.73. The zero-order valence-electron chi connectivity index (χ0n) is 18.1. The van der Waals surface area contributed by atoms with Crippen molar-refractivity contribution < 1.29 is 9.47 Å². The first kappa shape index (κ1) is 25.6. The maximum absolute atomic E-state index is 5.69. The van der Waals surface area contributed by atoms with Crippen LogP contribution in [0.1, 0.15) is 50.1 Å².